The molecule has 0 nitrogen and oxygen atoms in total. The van der Waals surface area contributed by atoms with E-state index in [-0.39, 0.29) is 5.92 Å². The van der Waals surface area contributed by atoms with E-state index in [0.29, 0.717) is 18.8 Å². The maximum atomic E-state index is 12.8. The van der Waals surface area contributed by atoms with E-state index in [1.54, 1.807) is 0 Å². The van der Waals surface area contributed by atoms with Gasteiger partial charge in [0.25, 0.3) is 0 Å². The van der Waals surface area contributed by atoms with Crippen molar-refractivity contribution in [2.75, 3.05) is 0 Å². The van der Waals surface area contributed by atoms with Crippen LogP contribution in [0.3, 0.4) is 0 Å². The van der Waals surface area contributed by atoms with E-state index in [2.05, 4.69) is 55.5 Å². The molecule has 1 fully saturated rings. The minimum absolute atomic E-state index is 0.387. The third-order valence-corrected chi connectivity index (χ3v) is 5.34. The zero-order valence-electron chi connectivity index (χ0n) is 14.3. The van der Waals surface area contributed by atoms with Gasteiger partial charge >= 0.3 is 0 Å². The van der Waals surface area contributed by atoms with Crippen molar-refractivity contribution < 1.29 is 8.78 Å². The number of benzene rings is 2. The van der Waals surface area contributed by atoms with Crippen molar-refractivity contribution in [3.8, 4) is 11.1 Å². The maximum absolute atomic E-state index is 12.8. The van der Waals surface area contributed by atoms with Crippen LogP contribution in [0.1, 0.15) is 56.1 Å². The third-order valence-electron chi connectivity index (χ3n) is 5.34. The Kier molecular flexibility index (Phi) is 5.65. The lowest BCUT2D eigenvalue weighted by Crippen LogP contribution is -2.19. The quantitative estimate of drug-likeness (QED) is 0.563. The van der Waals surface area contributed by atoms with Crippen molar-refractivity contribution in [2.45, 2.75) is 57.8 Å². The third kappa shape index (κ3) is 4.03. The first-order valence-corrected chi connectivity index (χ1v) is 9.14. The van der Waals surface area contributed by atoms with Crippen LogP contribution in [0.25, 0.3) is 11.1 Å². The molecule has 0 aliphatic heterocycles. The van der Waals surface area contributed by atoms with Gasteiger partial charge in [-0.3, -0.25) is 0 Å². The molecule has 3 rings (SSSR count). The molecule has 0 radical (unpaired) electrons. The van der Waals surface area contributed by atoms with Gasteiger partial charge in [0, 0.05) is 5.92 Å². The first-order valence-electron chi connectivity index (χ1n) is 9.14. The van der Waals surface area contributed by atoms with Gasteiger partial charge in [-0.1, -0.05) is 61.9 Å². The molecule has 1 aliphatic carbocycles. The number of halogens is 2. The van der Waals surface area contributed by atoms with Gasteiger partial charge in [0.15, 0.2) is 0 Å². The fraction of sp³-hybridized carbons (Fsp3) is 0.455. The summed E-state index contributed by atoms with van der Waals surface area (Å²) in [6, 6.07) is 17.5. The summed E-state index contributed by atoms with van der Waals surface area (Å²) in [6.45, 7) is 2.20. The van der Waals surface area contributed by atoms with Crippen molar-refractivity contribution in [1.29, 1.82) is 0 Å². The first-order chi connectivity index (χ1) is 11.7. The summed E-state index contributed by atoms with van der Waals surface area (Å²) in [5.74, 6) is 0.0585. The van der Waals surface area contributed by atoms with Crippen LogP contribution >= 0.6 is 0 Å². The monoisotopic (exact) mass is 328 g/mol. The molecule has 2 aromatic carbocycles. The van der Waals surface area contributed by atoms with Gasteiger partial charge in [0.1, 0.15) is 0 Å². The summed E-state index contributed by atoms with van der Waals surface area (Å²) in [6.07, 6.45) is 3.23. The lowest BCUT2D eigenvalue weighted by atomic mass is 9.78. The Morgan fingerprint density at radius 2 is 1.38 bits per heavy atom. The van der Waals surface area contributed by atoms with Crippen LogP contribution < -0.4 is 0 Å². The van der Waals surface area contributed by atoms with E-state index >= 15 is 0 Å². The molecule has 2 heteroatoms. The summed E-state index contributed by atoms with van der Waals surface area (Å²) in [5.41, 5.74) is 5.15. The van der Waals surface area contributed by atoms with Crippen LogP contribution in [0.2, 0.25) is 0 Å². The number of aryl methyl sites for hydroxylation is 1. The van der Waals surface area contributed by atoms with E-state index in [4.69, 9.17) is 0 Å². The summed E-state index contributed by atoms with van der Waals surface area (Å²) in [4.78, 5) is 0. The fourth-order valence-electron chi connectivity index (χ4n) is 3.80. The van der Waals surface area contributed by atoms with Gasteiger partial charge in [0.2, 0.25) is 6.43 Å². The van der Waals surface area contributed by atoms with E-state index in [1.165, 1.54) is 28.7 Å². The molecule has 0 unspecified atom stereocenters. The van der Waals surface area contributed by atoms with Gasteiger partial charge in [-0.05, 0) is 60.3 Å². The summed E-state index contributed by atoms with van der Waals surface area (Å²) in [5, 5.41) is 0. The second kappa shape index (κ2) is 7.92. The molecule has 0 saturated heterocycles. The van der Waals surface area contributed by atoms with E-state index in [9.17, 15) is 8.78 Å². The smallest absolute Gasteiger partial charge is 0.210 e. The molecule has 1 aliphatic rings. The fourth-order valence-corrected chi connectivity index (χ4v) is 3.80. The highest BCUT2D eigenvalue weighted by molar-refractivity contribution is 5.64. The highest BCUT2D eigenvalue weighted by Gasteiger charge is 2.27. The number of hydrogen-bond donors (Lipinski definition) is 0. The van der Waals surface area contributed by atoms with Gasteiger partial charge in [0.05, 0.1) is 0 Å². The molecular weight excluding hydrogens is 302 g/mol. The lowest BCUT2D eigenvalue weighted by Gasteiger charge is -2.28. The van der Waals surface area contributed by atoms with Crippen molar-refractivity contribution >= 4 is 0 Å². The van der Waals surface area contributed by atoms with Crippen LogP contribution in [0.4, 0.5) is 8.78 Å². The molecule has 2 aromatic rings. The average Bonchev–Trinajstić information content (AvgIpc) is 2.63. The Balaban J connectivity index is 1.65. The second-order valence-corrected chi connectivity index (χ2v) is 7.02. The molecule has 0 N–H and O–H groups in total. The summed E-state index contributed by atoms with van der Waals surface area (Å²) >= 11 is 0. The molecule has 128 valence electrons. The Morgan fingerprint density at radius 1 is 0.833 bits per heavy atom. The van der Waals surface area contributed by atoms with Gasteiger partial charge in [-0.15, -0.1) is 0 Å². The molecule has 0 heterocycles. The number of alkyl halides is 2. The predicted molar refractivity (Wildman–Crippen MR) is 96.6 cm³/mol. The van der Waals surface area contributed by atoms with E-state index in [0.717, 1.165) is 19.3 Å². The van der Waals surface area contributed by atoms with E-state index in [1.807, 2.05) is 0 Å². The van der Waals surface area contributed by atoms with Crippen molar-refractivity contribution in [3.05, 3.63) is 59.7 Å². The number of rotatable bonds is 5. The zero-order chi connectivity index (χ0) is 16.9. The largest absolute Gasteiger partial charge is 0.241 e. The summed E-state index contributed by atoms with van der Waals surface area (Å²) < 4.78 is 25.5. The molecule has 0 amide bonds. The Labute approximate surface area is 143 Å². The lowest BCUT2D eigenvalue weighted by molar-refractivity contribution is 0.0528. The molecular formula is C22H26F2. The molecule has 1 saturated carbocycles. The molecule has 0 atom stereocenters. The molecule has 0 spiro atoms. The van der Waals surface area contributed by atoms with Crippen LogP contribution in [-0.4, -0.2) is 6.43 Å². The predicted octanol–water partition coefficient (Wildman–Crippen LogP) is 6.85. The Hall–Kier alpha value is -1.70. The SMILES string of the molecule is CCCc1ccc(-c2ccc(C3CCC(C(F)F)CC3)cc2)cc1. The van der Waals surface area contributed by atoms with Gasteiger partial charge in [-0.25, -0.2) is 8.78 Å². The topological polar surface area (TPSA) is 0 Å². The second-order valence-electron chi connectivity index (χ2n) is 7.02. The maximum Gasteiger partial charge on any atom is 0.241 e. The first kappa shape index (κ1) is 17.1. The van der Waals surface area contributed by atoms with Crippen LogP contribution in [0.5, 0.6) is 0 Å². The van der Waals surface area contributed by atoms with Crippen LogP contribution in [0, 0.1) is 5.92 Å². The van der Waals surface area contributed by atoms with Crippen molar-refractivity contribution in [3.63, 3.8) is 0 Å². The highest BCUT2D eigenvalue weighted by Crippen LogP contribution is 2.38. The Bertz CT molecular complexity index is 620. The normalized spacial score (nSPS) is 21.2. The van der Waals surface area contributed by atoms with Gasteiger partial charge < -0.3 is 0 Å². The van der Waals surface area contributed by atoms with Crippen LogP contribution in [0.15, 0.2) is 48.5 Å². The minimum Gasteiger partial charge on any atom is -0.210 e. The van der Waals surface area contributed by atoms with E-state index < -0.39 is 6.43 Å². The minimum atomic E-state index is -2.15. The summed E-state index contributed by atoms with van der Waals surface area (Å²) in [7, 11) is 0. The van der Waals surface area contributed by atoms with Crippen molar-refractivity contribution in [1.82, 2.24) is 0 Å². The standard InChI is InChI=1S/C22H26F2/c1-2-3-16-4-6-17(7-5-16)18-8-10-19(11-9-18)20-12-14-21(15-13-20)22(23)24/h4-11,20-22H,2-3,12-15H2,1H3. The van der Waals surface area contributed by atoms with Crippen molar-refractivity contribution in [2.24, 2.45) is 5.92 Å². The molecule has 0 aromatic heterocycles. The Morgan fingerprint density at radius 3 is 1.88 bits per heavy atom. The zero-order valence-corrected chi connectivity index (χ0v) is 14.3. The van der Waals surface area contributed by atoms with Crippen LogP contribution in [-0.2, 0) is 6.42 Å². The molecule has 24 heavy (non-hydrogen) atoms. The average molecular weight is 328 g/mol. The van der Waals surface area contributed by atoms with Gasteiger partial charge in [-0.2, -0.15) is 0 Å². The molecule has 0 bridgehead atoms. The highest BCUT2D eigenvalue weighted by atomic mass is 19.3. The number of hydrogen-bond acceptors (Lipinski definition) is 0.